The van der Waals surface area contributed by atoms with Gasteiger partial charge in [0.05, 0.1) is 18.4 Å². The van der Waals surface area contributed by atoms with Gasteiger partial charge in [0, 0.05) is 18.5 Å². The molecule has 144 valence electrons. The van der Waals surface area contributed by atoms with Gasteiger partial charge in [-0.1, -0.05) is 37.4 Å². The molecular weight excluding hydrogens is 352 g/mol. The number of nitrogens with one attached hydrogen (secondary N) is 1. The molecule has 4 rings (SSSR count). The first-order chi connectivity index (χ1) is 13.5. The first kappa shape index (κ1) is 19.4. The van der Waals surface area contributed by atoms with E-state index in [1.165, 1.54) is 0 Å². The molecule has 2 aromatic rings. The average molecular weight is 376 g/mol. The summed E-state index contributed by atoms with van der Waals surface area (Å²) >= 11 is 0. The Balaban J connectivity index is 0.000000516. The van der Waals surface area contributed by atoms with Crippen LogP contribution >= 0.6 is 0 Å². The van der Waals surface area contributed by atoms with Crippen LogP contribution in [0.1, 0.15) is 44.4 Å². The highest BCUT2D eigenvalue weighted by molar-refractivity contribution is 6.11. The molecule has 0 aliphatic carbocycles. The van der Waals surface area contributed by atoms with Crippen molar-refractivity contribution in [1.29, 1.82) is 0 Å². The molecule has 2 aromatic carbocycles. The zero-order chi connectivity index (χ0) is 20.3. The van der Waals surface area contributed by atoms with Crippen molar-refractivity contribution in [2.75, 3.05) is 18.6 Å². The van der Waals surface area contributed by atoms with Crippen molar-refractivity contribution in [2.24, 2.45) is 0 Å². The summed E-state index contributed by atoms with van der Waals surface area (Å²) in [6.45, 7) is 9.30. The number of benzene rings is 2. The molecule has 1 atom stereocenters. The van der Waals surface area contributed by atoms with Crippen molar-refractivity contribution in [1.82, 2.24) is 5.32 Å². The Hall–Kier alpha value is -3.34. The Bertz CT molecular complexity index is 929. The van der Waals surface area contributed by atoms with Gasteiger partial charge in [0.1, 0.15) is 11.9 Å². The van der Waals surface area contributed by atoms with E-state index >= 15 is 0 Å². The normalized spacial score (nSPS) is 16.9. The quantitative estimate of drug-likeness (QED) is 0.816. The van der Waals surface area contributed by atoms with E-state index in [1.54, 1.807) is 31.4 Å². The number of carbonyl (C=O) groups excluding carboxylic acids is 2. The molecule has 0 saturated carbocycles. The van der Waals surface area contributed by atoms with E-state index in [0.717, 1.165) is 22.6 Å². The fraction of sp³-hybridized carbons (Fsp3) is 0.217. The van der Waals surface area contributed by atoms with Crippen LogP contribution in [0, 0.1) is 6.92 Å². The summed E-state index contributed by atoms with van der Waals surface area (Å²) < 4.78 is 5.32. The number of carbonyl (C=O) groups is 2. The maximum absolute atomic E-state index is 12.5. The van der Waals surface area contributed by atoms with Crippen molar-refractivity contribution in [3.63, 3.8) is 0 Å². The monoisotopic (exact) mass is 376 g/mol. The van der Waals surface area contributed by atoms with Crippen molar-refractivity contribution in [3.05, 3.63) is 84.0 Å². The molecule has 0 radical (unpaired) electrons. The zero-order valence-electron chi connectivity index (χ0n) is 16.2. The first-order valence-corrected chi connectivity index (χ1v) is 9.13. The van der Waals surface area contributed by atoms with Crippen LogP contribution < -0.4 is 15.0 Å². The number of amides is 1. The van der Waals surface area contributed by atoms with E-state index in [9.17, 15) is 9.59 Å². The lowest BCUT2D eigenvalue weighted by Gasteiger charge is -2.42. The molecule has 5 heteroatoms. The third kappa shape index (κ3) is 3.43. The van der Waals surface area contributed by atoms with Crippen LogP contribution in [0.5, 0.6) is 5.75 Å². The highest BCUT2D eigenvalue weighted by Crippen LogP contribution is 2.39. The molecule has 2 aliphatic heterocycles. The van der Waals surface area contributed by atoms with E-state index in [4.69, 9.17) is 4.74 Å². The summed E-state index contributed by atoms with van der Waals surface area (Å²) in [6.07, 6.45) is 3.46. The lowest BCUT2D eigenvalue weighted by molar-refractivity contribution is 0.0921. The minimum Gasteiger partial charge on any atom is -0.496 e. The fourth-order valence-electron chi connectivity index (χ4n) is 3.60. The number of hydrogen-bond donors (Lipinski definition) is 1. The fourth-order valence-corrected chi connectivity index (χ4v) is 3.60. The minimum absolute atomic E-state index is 0.0995. The molecule has 0 fully saturated rings. The number of methoxy groups -OCH3 is 1. The number of rotatable bonds is 3. The Kier molecular flexibility index (Phi) is 5.64. The highest BCUT2D eigenvalue weighted by atomic mass is 16.5. The molecule has 2 heterocycles. The zero-order valence-corrected chi connectivity index (χ0v) is 16.2. The largest absolute Gasteiger partial charge is 0.496 e. The number of allylic oxidation sites excluding steroid dienone is 2. The van der Waals surface area contributed by atoms with Gasteiger partial charge < -0.3 is 15.0 Å². The minimum atomic E-state index is -0.274. The predicted molar refractivity (Wildman–Crippen MR) is 111 cm³/mol. The van der Waals surface area contributed by atoms with Crippen LogP contribution in [0.2, 0.25) is 0 Å². The van der Waals surface area contributed by atoms with E-state index in [1.807, 2.05) is 31.2 Å². The van der Waals surface area contributed by atoms with Gasteiger partial charge in [-0.15, -0.1) is 0 Å². The van der Waals surface area contributed by atoms with Crippen LogP contribution in [0.25, 0.3) is 0 Å². The Morgan fingerprint density at radius 1 is 1.14 bits per heavy atom. The number of ketones is 1. The third-order valence-electron chi connectivity index (χ3n) is 4.93. The van der Waals surface area contributed by atoms with Crippen LogP contribution in [0.15, 0.2) is 61.7 Å². The van der Waals surface area contributed by atoms with E-state index < -0.39 is 0 Å². The van der Waals surface area contributed by atoms with Crippen molar-refractivity contribution >= 4 is 17.4 Å². The number of aryl methyl sites for hydroxylation is 1. The number of Topliss-reactive ketones (excluding diaryl/α,β-unsaturated/α-hetero) is 1. The van der Waals surface area contributed by atoms with Gasteiger partial charge in [0.25, 0.3) is 5.91 Å². The number of ether oxygens (including phenoxy) is 1. The first-order valence-electron chi connectivity index (χ1n) is 9.13. The number of anilines is 1. The summed E-state index contributed by atoms with van der Waals surface area (Å²) in [5, 5.41) is 3.07. The summed E-state index contributed by atoms with van der Waals surface area (Å²) in [7, 11) is 1.64. The molecule has 0 saturated heterocycles. The summed E-state index contributed by atoms with van der Waals surface area (Å²) in [5.74, 6) is 0.773. The lowest BCUT2D eigenvalue weighted by Crippen LogP contribution is -2.49. The van der Waals surface area contributed by atoms with Crippen LogP contribution in [-0.2, 0) is 0 Å². The van der Waals surface area contributed by atoms with Gasteiger partial charge in [0.15, 0.2) is 5.78 Å². The van der Waals surface area contributed by atoms with Crippen LogP contribution in [0.3, 0.4) is 0 Å². The van der Waals surface area contributed by atoms with Gasteiger partial charge in [-0.3, -0.25) is 9.59 Å². The Morgan fingerprint density at radius 2 is 1.86 bits per heavy atom. The lowest BCUT2D eigenvalue weighted by atomic mass is 9.92. The van der Waals surface area contributed by atoms with Gasteiger partial charge in [-0.2, -0.15) is 0 Å². The number of para-hydroxylation sites is 1. The van der Waals surface area contributed by atoms with Crippen molar-refractivity contribution < 1.29 is 14.3 Å². The van der Waals surface area contributed by atoms with Gasteiger partial charge in [-0.05, 0) is 42.3 Å². The standard InChI is InChI=1S/C19H18N2O3.C4H6/c1-11-10-12(6-7-16(11)24-2)18-20-19(23)14-5-3-4-13-15(22)8-9-21(18)17(13)14;1-3-4-2/h3-7,10,18H,8-9H2,1-2H3,(H,20,23);3-4H,1-2H2. The molecule has 0 bridgehead atoms. The van der Waals surface area contributed by atoms with Gasteiger partial charge in [-0.25, -0.2) is 0 Å². The van der Waals surface area contributed by atoms with Crippen molar-refractivity contribution in [3.8, 4) is 5.75 Å². The molecular formula is C23H24N2O3. The topological polar surface area (TPSA) is 58.6 Å². The Labute approximate surface area is 165 Å². The number of hydrogen-bond acceptors (Lipinski definition) is 4. The SMILES string of the molecule is C=CC=C.COc1ccc(C2NC(=O)c3cccc4c3N2CCC4=O)cc1C. The molecule has 0 spiro atoms. The molecule has 0 aromatic heterocycles. The van der Waals surface area contributed by atoms with Crippen LogP contribution in [0.4, 0.5) is 5.69 Å². The summed E-state index contributed by atoms with van der Waals surface area (Å²) in [4.78, 5) is 26.9. The Morgan fingerprint density at radius 3 is 2.50 bits per heavy atom. The third-order valence-corrected chi connectivity index (χ3v) is 4.93. The van der Waals surface area contributed by atoms with Crippen LogP contribution in [-0.4, -0.2) is 25.3 Å². The molecule has 1 N–H and O–H groups in total. The predicted octanol–water partition coefficient (Wildman–Crippen LogP) is 4.20. The summed E-state index contributed by atoms with van der Waals surface area (Å²) in [6, 6.07) is 11.2. The van der Waals surface area contributed by atoms with E-state index in [-0.39, 0.29) is 17.9 Å². The van der Waals surface area contributed by atoms with E-state index in [2.05, 4.69) is 23.4 Å². The molecule has 1 amide bonds. The second kappa shape index (κ2) is 8.13. The molecule has 28 heavy (non-hydrogen) atoms. The average Bonchev–Trinajstić information content (AvgIpc) is 2.72. The van der Waals surface area contributed by atoms with Crippen molar-refractivity contribution in [2.45, 2.75) is 19.5 Å². The highest BCUT2D eigenvalue weighted by Gasteiger charge is 2.37. The second-order valence-corrected chi connectivity index (χ2v) is 6.64. The number of nitrogens with zero attached hydrogens (tertiary/aromatic N) is 1. The smallest absolute Gasteiger partial charge is 0.255 e. The second-order valence-electron chi connectivity index (χ2n) is 6.64. The van der Waals surface area contributed by atoms with Gasteiger partial charge >= 0.3 is 0 Å². The molecule has 1 unspecified atom stereocenters. The maximum Gasteiger partial charge on any atom is 0.255 e. The molecule has 5 nitrogen and oxygen atoms in total. The van der Waals surface area contributed by atoms with E-state index in [0.29, 0.717) is 24.1 Å². The van der Waals surface area contributed by atoms with Gasteiger partial charge in [0.2, 0.25) is 0 Å². The maximum atomic E-state index is 12.5. The summed E-state index contributed by atoms with van der Waals surface area (Å²) in [5.41, 5.74) is 3.97. The molecule has 2 aliphatic rings.